The number of hydrogen-bond acceptors (Lipinski definition) is 3. The van der Waals surface area contributed by atoms with Gasteiger partial charge in [0.05, 0.1) is 23.0 Å². The largest absolute Gasteiger partial charge is 0.355 e. The van der Waals surface area contributed by atoms with Gasteiger partial charge in [0.1, 0.15) is 0 Å². The minimum absolute atomic E-state index is 0. The van der Waals surface area contributed by atoms with E-state index in [0.29, 0.717) is 24.8 Å². The van der Waals surface area contributed by atoms with E-state index in [1.54, 1.807) is 13.2 Å². The van der Waals surface area contributed by atoms with Crippen LogP contribution in [0.4, 0.5) is 0 Å². The quantitative estimate of drug-likeness (QED) is 0.400. The summed E-state index contributed by atoms with van der Waals surface area (Å²) in [6.45, 7) is 1.23. The molecule has 2 aromatic rings. The summed E-state index contributed by atoms with van der Waals surface area (Å²) in [5, 5.41) is 10.5. The predicted octanol–water partition coefficient (Wildman–Crippen LogP) is 1.51. The van der Waals surface area contributed by atoms with Crippen molar-refractivity contribution in [2.24, 2.45) is 12.0 Å². The molecule has 1 atom stereocenters. The van der Waals surface area contributed by atoms with E-state index in [-0.39, 0.29) is 24.0 Å². The summed E-state index contributed by atoms with van der Waals surface area (Å²) in [4.78, 5) is 5.00. The maximum absolute atomic E-state index is 12.1. The molecule has 1 heterocycles. The average molecular weight is 447 g/mol. The van der Waals surface area contributed by atoms with Gasteiger partial charge in [0.25, 0.3) is 0 Å². The van der Waals surface area contributed by atoms with Gasteiger partial charge in [-0.3, -0.25) is 13.9 Å². The molecule has 0 amide bonds. The van der Waals surface area contributed by atoms with Gasteiger partial charge in [0.2, 0.25) is 0 Å². The van der Waals surface area contributed by atoms with Crippen LogP contribution in [0.3, 0.4) is 0 Å². The number of aliphatic imine (C=N–C) groups is 1. The van der Waals surface area contributed by atoms with Gasteiger partial charge in [0.15, 0.2) is 5.96 Å². The molecule has 0 fully saturated rings. The Kier molecular flexibility index (Phi) is 8.85. The molecule has 1 aromatic heterocycles. The van der Waals surface area contributed by atoms with Crippen molar-refractivity contribution in [2.45, 2.75) is 11.4 Å². The van der Waals surface area contributed by atoms with Crippen LogP contribution in [0.15, 0.2) is 52.5 Å². The number of aryl methyl sites for hydroxylation is 1. The third-order valence-corrected chi connectivity index (χ3v) is 4.54. The lowest BCUT2D eigenvalue weighted by molar-refractivity contribution is 0.678. The van der Waals surface area contributed by atoms with Crippen LogP contribution in [0.25, 0.3) is 0 Å². The van der Waals surface area contributed by atoms with Gasteiger partial charge in [-0.1, -0.05) is 18.2 Å². The highest BCUT2D eigenvalue weighted by Crippen LogP contribution is 2.04. The van der Waals surface area contributed by atoms with Crippen LogP contribution in [-0.2, 0) is 24.4 Å². The van der Waals surface area contributed by atoms with Gasteiger partial charge in [0, 0.05) is 37.5 Å². The van der Waals surface area contributed by atoms with Crippen LogP contribution in [0, 0.1) is 0 Å². The second kappa shape index (κ2) is 10.4. The van der Waals surface area contributed by atoms with E-state index in [9.17, 15) is 4.21 Å². The summed E-state index contributed by atoms with van der Waals surface area (Å²) < 4.78 is 13.9. The van der Waals surface area contributed by atoms with Gasteiger partial charge in [-0.25, -0.2) is 0 Å². The monoisotopic (exact) mass is 447 g/mol. The van der Waals surface area contributed by atoms with Crippen molar-refractivity contribution in [2.75, 3.05) is 19.3 Å². The van der Waals surface area contributed by atoms with Gasteiger partial charge >= 0.3 is 0 Å². The molecule has 23 heavy (non-hydrogen) atoms. The van der Waals surface area contributed by atoms with Gasteiger partial charge < -0.3 is 10.6 Å². The van der Waals surface area contributed by atoms with Crippen LogP contribution < -0.4 is 10.6 Å². The second-order valence-corrected chi connectivity index (χ2v) is 6.23. The zero-order chi connectivity index (χ0) is 15.8. The molecule has 0 radical (unpaired) electrons. The zero-order valence-corrected chi connectivity index (χ0v) is 16.4. The lowest BCUT2D eigenvalue weighted by Gasteiger charge is -2.11. The molecule has 6 nitrogen and oxygen atoms in total. The molecule has 1 unspecified atom stereocenters. The third-order valence-electron chi connectivity index (χ3n) is 3.17. The Labute approximate surface area is 156 Å². The molecule has 0 aliphatic carbocycles. The summed E-state index contributed by atoms with van der Waals surface area (Å²) in [6.07, 6.45) is 1.76. The molecule has 0 bridgehead atoms. The highest BCUT2D eigenvalue weighted by molar-refractivity contribution is 14.0. The molecule has 2 rings (SSSR count). The first kappa shape index (κ1) is 19.6. The van der Waals surface area contributed by atoms with E-state index in [2.05, 4.69) is 20.7 Å². The number of benzene rings is 1. The number of nitrogens with one attached hydrogen (secondary N) is 2. The molecular weight excluding hydrogens is 425 g/mol. The van der Waals surface area contributed by atoms with E-state index < -0.39 is 10.8 Å². The number of halogens is 1. The summed E-state index contributed by atoms with van der Waals surface area (Å²) in [6, 6.07) is 11.4. The van der Waals surface area contributed by atoms with E-state index in [1.807, 2.05) is 48.1 Å². The zero-order valence-electron chi connectivity index (χ0n) is 13.2. The fraction of sp³-hybridized carbons (Fsp3) is 0.333. The first-order valence-electron chi connectivity index (χ1n) is 7.05. The molecule has 0 saturated carbocycles. The third kappa shape index (κ3) is 6.30. The fourth-order valence-corrected chi connectivity index (χ4v) is 2.91. The van der Waals surface area contributed by atoms with Crippen LogP contribution in [0.1, 0.15) is 5.69 Å². The standard InChI is InChI=1S/C15H21N5OS.HI/c1-16-15(18-12-13-8-9-19-20(13)2)17-10-11-22(21)14-6-4-3-5-7-14;/h3-9H,10-12H2,1-2H3,(H2,16,17,18);1H. The molecule has 8 heteroatoms. The van der Waals surface area contributed by atoms with E-state index >= 15 is 0 Å². The smallest absolute Gasteiger partial charge is 0.191 e. The van der Waals surface area contributed by atoms with Crippen LogP contribution in [0.2, 0.25) is 0 Å². The average Bonchev–Trinajstić information content (AvgIpc) is 2.96. The SMILES string of the molecule is CN=C(NCCS(=O)c1ccccc1)NCc1ccnn1C.I. The first-order chi connectivity index (χ1) is 10.7. The molecule has 1 aromatic carbocycles. The number of hydrogen-bond donors (Lipinski definition) is 2. The molecule has 2 N–H and O–H groups in total. The van der Waals surface area contributed by atoms with Crippen molar-refractivity contribution in [3.63, 3.8) is 0 Å². The normalized spacial score (nSPS) is 12.3. The number of rotatable bonds is 6. The van der Waals surface area contributed by atoms with Crippen molar-refractivity contribution in [1.29, 1.82) is 0 Å². The van der Waals surface area contributed by atoms with Crippen molar-refractivity contribution < 1.29 is 4.21 Å². The van der Waals surface area contributed by atoms with Crippen molar-refractivity contribution in [1.82, 2.24) is 20.4 Å². The Morgan fingerprint density at radius 3 is 2.61 bits per heavy atom. The second-order valence-electron chi connectivity index (χ2n) is 4.66. The Morgan fingerprint density at radius 1 is 1.26 bits per heavy atom. The minimum Gasteiger partial charge on any atom is -0.355 e. The lowest BCUT2D eigenvalue weighted by atomic mass is 10.4. The van der Waals surface area contributed by atoms with E-state index in [0.717, 1.165) is 10.6 Å². The highest BCUT2D eigenvalue weighted by Gasteiger charge is 2.04. The Bertz CT molecular complexity index is 644. The van der Waals surface area contributed by atoms with Crippen LogP contribution >= 0.6 is 24.0 Å². The fourth-order valence-electron chi connectivity index (χ4n) is 1.92. The van der Waals surface area contributed by atoms with Crippen LogP contribution in [0.5, 0.6) is 0 Å². The topological polar surface area (TPSA) is 71.3 Å². The van der Waals surface area contributed by atoms with E-state index in [1.165, 1.54) is 0 Å². The predicted molar refractivity (Wildman–Crippen MR) is 105 cm³/mol. The molecule has 0 aliphatic rings. The summed E-state index contributed by atoms with van der Waals surface area (Å²) in [5.41, 5.74) is 1.07. The number of aromatic nitrogens is 2. The lowest BCUT2D eigenvalue weighted by Crippen LogP contribution is -2.39. The summed E-state index contributed by atoms with van der Waals surface area (Å²) >= 11 is 0. The van der Waals surface area contributed by atoms with E-state index in [4.69, 9.17) is 0 Å². The summed E-state index contributed by atoms with van der Waals surface area (Å²) in [7, 11) is 2.62. The summed E-state index contributed by atoms with van der Waals surface area (Å²) in [5.74, 6) is 1.22. The molecule has 0 saturated heterocycles. The van der Waals surface area contributed by atoms with Crippen molar-refractivity contribution in [3.8, 4) is 0 Å². The van der Waals surface area contributed by atoms with Gasteiger partial charge in [-0.15, -0.1) is 24.0 Å². The maximum Gasteiger partial charge on any atom is 0.191 e. The number of guanidine groups is 1. The Morgan fingerprint density at radius 2 is 2.00 bits per heavy atom. The Balaban J connectivity index is 0.00000264. The van der Waals surface area contributed by atoms with Crippen molar-refractivity contribution in [3.05, 3.63) is 48.3 Å². The van der Waals surface area contributed by atoms with Gasteiger partial charge in [-0.05, 0) is 18.2 Å². The molecule has 126 valence electrons. The number of nitrogens with zero attached hydrogens (tertiary/aromatic N) is 3. The van der Waals surface area contributed by atoms with Gasteiger partial charge in [-0.2, -0.15) is 5.10 Å². The molecular formula is C15H22IN5OS. The Hall–Kier alpha value is -1.42. The molecule has 0 aliphatic heterocycles. The highest BCUT2D eigenvalue weighted by atomic mass is 127. The van der Waals surface area contributed by atoms with Crippen LogP contribution in [-0.4, -0.2) is 39.3 Å². The maximum atomic E-state index is 12.1. The van der Waals surface area contributed by atoms with Crippen molar-refractivity contribution >= 4 is 40.7 Å². The molecule has 0 spiro atoms. The first-order valence-corrected chi connectivity index (χ1v) is 8.37. The minimum atomic E-state index is -0.998.